The van der Waals surface area contributed by atoms with Crippen LogP contribution in [0.1, 0.15) is 42.8 Å². The first-order valence-corrected chi connectivity index (χ1v) is 17.8. The fourth-order valence-corrected chi connectivity index (χ4v) is 6.37. The van der Waals surface area contributed by atoms with E-state index in [1.807, 2.05) is 35.2 Å². The van der Waals surface area contributed by atoms with Crippen molar-refractivity contribution in [2.45, 2.75) is 56.8 Å². The zero-order valence-electron chi connectivity index (χ0n) is 29.8. The largest absolute Gasteiger partial charge is 0.492 e. The quantitative estimate of drug-likeness (QED) is 0.278. The second-order valence-electron chi connectivity index (χ2n) is 13.3. The number of anilines is 1. The van der Waals surface area contributed by atoms with Gasteiger partial charge < -0.3 is 49.8 Å². The van der Waals surface area contributed by atoms with Gasteiger partial charge in [-0.25, -0.2) is 0 Å². The molecule has 16 nitrogen and oxygen atoms in total. The number of benzene rings is 2. The molecule has 4 N–H and O–H groups in total. The summed E-state index contributed by atoms with van der Waals surface area (Å²) >= 11 is 0. The number of amides is 5. The molecule has 7 rings (SSSR count). The Labute approximate surface area is 306 Å². The molecular formula is C37H45N7O9. The van der Waals surface area contributed by atoms with E-state index in [0.29, 0.717) is 43.6 Å². The molecule has 16 heteroatoms. The van der Waals surface area contributed by atoms with Gasteiger partial charge in [0.05, 0.1) is 19.8 Å². The lowest BCUT2D eigenvalue weighted by Gasteiger charge is -2.40. The summed E-state index contributed by atoms with van der Waals surface area (Å²) in [5.74, 6) is -0.946. The number of hydrogen-bond acceptors (Lipinski definition) is 11. The SMILES string of the molecule is C[C@@H]1NC(=O)[C@H](Cc2ccccc2)NC(=O)[C@H](C)NC(=O)C2(CCN(C(=O)c3cc(N4CCOCC4)no3)CC2)Oc2ccc(cc2)OCCNC1=O. The van der Waals surface area contributed by atoms with Gasteiger partial charge in [0, 0.05) is 51.5 Å². The first kappa shape index (κ1) is 37.1. The number of likely N-dealkylation sites (tertiary alicyclic amines) is 1. The average molecular weight is 732 g/mol. The van der Waals surface area contributed by atoms with Crippen molar-refractivity contribution in [1.29, 1.82) is 0 Å². The fraction of sp³-hybridized carbons (Fsp3) is 0.459. The van der Waals surface area contributed by atoms with Crippen LogP contribution in [0.15, 0.2) is 65.2 Å². The third-order valence-electron chi connectivity index (χ3n) is 9.53. The number of nitrogens with one attached hydrogen (secondary N) is 4. The molecule has 0 aliphatic carbocycles. The van der Waals surface area contributed by atoms with Gasteiger partial charge in [0.15, 0.2) is 11.4 Å². The summed E-state index contributed by atoms with van der Waals surface area (Å²) in [5.41, 5.74) is -0.662. The van der Waals surface area contributed by atoms with Crippen LogP contribution in [0.25, 0.3) is 0 Å². The van der Waals surface area contributed by atoms with Crippen molar-refractivity contribution in [2.75, 3.05) is 57.4 Å². The van der Waals surface area contributed by atoms with Crippen molar-refractivity contribution in [2.24, 2.45) is 0 Å². The Morgan fingerprint density at radius 2 is 1.49 bits per heavy atom. The highest BCUT2D eigenvalue weighted by Gasteiger charge is 2.46. The van der Waals surface area contributed by atoms with E-state index in [2.05, 4.69) is 26.4 Å². The number of carbonyl (C=O) groups is 5. The van der Waals surface area contributed by atoms with E-state index in [-0.39, 0.29) is 57.2 Å². The van der Waals surface area contributed by atoms with Crippen molar-refractivity contribution in [3.8, 4) is 11.5 Å². The van der Waals surface area contributed by atoms with Gasteiger partial charge in [0.2, 0.25) is 23.5 Å². The molecule has 2 fully saturated rings. The first-order valence-electron chi connectivity index (χ1n) is 17.8. The third kappa shape index (κ3) is 9.24. The topological polar surface area (TPSA) is 194 Å². The van der Waals surface area contributed by atoms with Crippen molar-refractivity contribution in [1.82, 2.24) is 31.3 Å². The lowest BCUT2D eigenvalue weighted by atomic mass is 9.89. The Hall–Kier alpha value is -5.64. The van der Waals surface area contributed by atoms with E-state index in [0.717, 1.165) is 5.56 Å². The summed E-state index contributed by atoms with van der Waals surface area (Å²) in [5, 5.41) is 15.1. The normalized spacial score (nSPS) is 23.2. The Kier molecular flexibility index (Phi) is 11.8. The molecule has 4 aliphatic heterocycles. The van der Waals surface area contributed by atoms with E-state index in [9.17, 15) is 24.0 Å². The molecule has 2 bridgehead atoms. The highest BCUT2D eigenvalue weighted by molar-refractivity contribution is 5.96. The number of nitrogens with zero attached hydrogens (tertiary/aromatic N) is 3. The summed E-state index contributed by atoms with van der Waals surface area (Å²) in [6, 6.07) is 14.4. The zero-order valence-corrected chi connectivity index (χ0v) is 29.8. The third-order valence-corrected chi connectivity index (χ3v) is 9.53. The Morgan fingerprint density at radius 3 is 2.21 bits per heavy atom. The summed E-state index contributed by atoms with van der Waals surface area (Å²) in [7, 11) is 0. The molecule has 53 heavy (non-hydrogen) atoms. The molecule has 5 heterocycles. The van der Waals surface area contributed by atoms with Crippen molar-refractivity contribution in [3.05, 3.63) is 72.0 Å². The number of fused-ring (bicyclic) bond motifs is 15. The highest BCUT2D eigenvalue weighted by Crippen LogP contribution is 2.32. The van der Waals surface area contributed by atoms with Gasteiger partial charge in [0.25, 0.3) is 11.8 Å². The maximum Gasteiger partial charge on any atom is 0.292 e. The van der Waals surface area contributed by atoms with Crippen molar-refractivity contribution >= 4 is 35.4 Å². The number of rotatable bonds is 4. The molecule has 4 aliphatic rings. The summed E-state index contributed by atoms with van der Waals surface area (Å²) < 4.78 is 23.0. The molecule has 2 saturated heterocycles. The molecule has 0 unspecified atom stereocenters. The van der Waals surface area contributed by atoms with Gasteiger partial charge in [0.1, 0.15) is 36.2 Å². The predicted octanol–water partition coefficient (Wildman–Crippen LogP) is 0.811. The lowest BCUT2D eigenvalue weighted by molar-refractivity contribution is -0.143. The van der Waals surface area contributed by atoms with Crippen LogP contribution >= 0.6 is 0 Å². The van der Waals surface area contributed by atoms with Crippen LogP contribution in [0.4, 0.5) is 5.82 Å². The number of morpholine rings is 1. The van der Waals surface area contributed by atoms with Crippen LogP contribution in [0, 0.1) is 0 Å². The molecule has 1 spiro atoms. The van der Waals surface area contributed by atoms with Gasteiger partial charge in [-0.05, 0) is 43.7 Å². The average Bonchev–Trinajstić information content (AvgIpc) is 3.68. The number of aromatic nitrogens is 1. The van der Waals surface area contributed by atoms with Gasteiger partial charge in [-0.15, -0.1) is 0 Å². The monoisotopic (exact) mass is 731 g/mol. The second-order valence-corrected chi connectivity index (χ2v) is 13.3. The summed E-state index contributed by atoms with van der Waals surface area (Å²) in [6.45, 7) is 6.12. The molecule has 3 atom stereocenters. The van der Waals surface area contributed by atoms with E-state index in [1.165, 1.54) is 6.92 Å². The van der Waals surface area contributed by atoms with E-state index in [1.54, 1.807) is 42.2 Å². The van der Waals surface area contributed by atoms with E-state index < -0.39 is 47.4 Å². The van der Waals surface area contributed by atoms with Crippen LogP contribution < -0.4 is 35.6 Å². The maximum atomic E-state index is 14.2. The van der Waals surface area contributed by atoms with Crippen molar-refractivity contribution in [3.63, 3.8) is 0 Å². The molecule has 0 radical (unpaired) electrons. The van der Waals surface area contributed by atoms with Crippen LogP contribution in [0.2, 0.25) is 0 Å². The minimum absolute atomic E-state index is 0.0907. The lowest BCUT2D eigenvalue weighted by Crippen LogP contribution is -2.61. The van der Waals surface area contributed by atoms with Gasteiger partial charge in [-0.1, -0.05) is 35.5 Å². The molecule has 282 valence electrons. The predicted molar refractivity (Wildman–Crippen MR) is 190 cm³/mol. The fourth-order valence-electron chi connectivity index (χ4n) is 6.37. The summed E-state index contributed by atoms with van der Waals surface area (Å²) in [6.07, 6.45) is 0.364. The van der Waals surface area contributed by atoms with E-state index in [4.69, 9.17) is 18.7 Å². The second kappa shape index (κ2) is 16.8. The van der Waals surface area contributed by atoms with Crippen LogP contribution in [-0.2, 0) is 30.3 Å². The summed E-state index contributed by atoms with van der Waals surface area (Å²) in [4.78, 5) is 71.0. The minimum atomic E-state index is -1.45. The molecule has 2 aromatic carbocycles. The van der Waals surface area contributed by atoms with Gasteiger partial charge in [-0.2, -0.15) is 0 Å². The highest BCUT2D eigenvalue weighted by atomic mass is 16.5. The molecule has 1 aromatic heterocycles. The molecule has 0 saturated carbocycles. The van der Waals surface area contributed by atoms with Crippen LogP contribution in [-0.4, -0.2) is 116 Å². The molecule has 3 aromatic rings. The van der Waals surface area contributed by atoms with Crippen molar-refractivity contribution < 1.29 is 42.7 Å². The zero-order chi connectivity index (χ0) is 37.4. The maximum absolute atomic E-state index is 14.2. The minimum Gasteiger partial charge on any atom is -0.492 e. The Balaban J connectivity index is 1.20. The van der Waals surface area contributed by atoms with Gasteiger partial charge in [-0.3, -0.25) is 24.0 Å². The number of carbonyl (C=O) groups excluding carboxylic acids is 5. The first-order chi connectivity index (χ1) is 25.6. The molecule has 5 amide bonds. The number of hydrogen-bond donors (Lipinski definition) is 4. The van der Waals surface area contributed by atoms with Crippen LogP contribution in [0.3, 0.4) is 0 Å². The smallest absolute Gasteiger partial charge is 0.292 e. The van der Waals surface area contributed by atoms with Gasteiger partial charge >= 0.3 is 0 Å². The number of piperidine rings is 1. The standard InChI is InChI=1S/C37H45N7O9/c1-24-32(45)38-14-19-51-27-8-10-28(11-9-27)52-37(12-15-44(16-13-37)35(48)30-23-31(42-53-30)43-17-20-50-21-18-43)36(49)40-25(2)33(46)41-29(34(47)39-24)22-26-6-4-3-5-7-26/h3-11,23-25,29H,12-22H2,1-2H3,(H,38,45)(H,39,47)(H,40,49)(H,41,46)/t24-,25-,29-/m0/s1. The van der Waals surface area contributed by atoms with Crippen LogP contribution in [0.5, 0.6) is 11.5 Å². The number of ether oxygens (including phenoxy) is 3. The molecular weight excluding hydrogens is 686 g/mol. The van der Waals surface area contributed by atoms with E-state index >= 15 is 0 Å². The Morgan fingerprint density at radius 1 is 0.811 bits per heavy atom. The Bertz CT molecular complexity index is 1750.